The molecule has 10 heteroatoms. The van der Waals surface area contributed by atoms with Crippen molar-refractivity contribution in [3.8, 4) is 0 Å². The third-order valence-electron chi connectivity index (χ3n) is 3.34. The van der Waals surface area contributed by atoms with Crippen molar-refractivity contribution in [1.29, 1.82) is 0 Å². The van der Waals surface area contributed by atoms with Crippen molar-refractivity contribution >= 4 is 27.5 Å². The molecule has 2 aromatic rings. The number of aryl methyl sites for hydroxylation is 1. The Hall–Kier alpha value is -2.10. The van der Waals surface area contributed by atoms with Gasteiger partial charge in [0.15, 0.2) is 0 Å². The van der Waals surface area contributed by atoms with Crippen molar-refractivity contribution in [3.63, 3.8) is 0 Å². The number of hydrogen-bond donors (Lipinski definition) is 1. The average molecular weight is 350 g/mol. The molecule has 1 atom stereocenters. The number of carbonyl (C=O) groups is 1. The van der Waals surface area contributed by atoms with E-state index in [4.69, 9.17) is 4.74 Å². The topological polar surface area (TPSA) is 81.2 Å². The normalized spacial score (nSPS) is 13.3. The summed E-state index contributed by atoms with van der Waals surface area (Å²) in [6, 6.07) is -2.28. The van der Waals surface area contributed by atoms with Crippen LogP contribution >= 0.6 is 11.3 Å². The zero-order chi connectivity index (χ0) is 17.5. The monoisotopic (exact) mass is 350 g/mol. The SMILES string of the molecule is CCOC(=O)c1sc2[nH]c(=O)n([C@H](C)C(F)(F)F)c(=O)c2c1C. The molecule has 0 fully saturated rings. The van der Waals surface area contributed by atoms with Crippen LogP contribution in [0.5, 0.6) is 0 Å². The summed E-state index contributed by atoms with van der Waals surface area (Å²) < 4.78 is 43.5. The van der Waals surface area contributed by atoms with Gasteiger partial charge in [-0.05, 0) is 26.3 Å². The molecule has 0 aromatic carbocycles. The van der Waals surface area contributed by atoms with E-state index in [-0.39, 0.29) is 31.8 Å². The number of aromatic nitrogens is 2. The summed E-state index contributed by atoms with van der Waals surface area (Å²) in [7, 11) is 0. The fraction of sp³-hybridized carbons (Fsp3) is 0.462. The second-order valence-corrected chi connectivity index (χ2v) is 5.82. The van der Waals surface area contributed by atoms with Crippen LogP contribution in [-0.2, 0) is 4.74 Å². The van der Waals surface area contributed by atoms with Gasteiger partial charge in [-0.3, -0.25) is 9.78 Å². The van der Waals surface area contributed by atoms with Crippen molar-refractivity contribution in [2.75, 3.05) is 6.61 Å². The first-order valence-corrected chi connectivity index (χ1v) is 7.43. The number of H-pyrrole nitrogens is 1. The first-order valence-electron chi connectivity index (χ1n) is 6.61. The van der Waals surface area contributed by atoms with Crippen molar-refractivity contribution in [2.24, 2.45) is 0 Å². The molecule has 0 spiro atoms. The summed E-state index contributed by atoms with van der Waals surface area (Å²) in [6.07, 6.45) is -4.75. The van der Waals surface area contributed by atoms with Gasteiger partial charge in [0.25, 0.3) is 5.56 Å². The molecule has 0 saturated heterocycles. The molecular formula is C13H13F3N2O4S. The number of ether oxygens (including phenoxy) is 1. The highest BCUT2D eigenvalue weighted by Gasteiger charge is 2.39. The maximum Gasteiger partial charge on any atom is 0.409 e. The van der Waals surface area contributed by atoms with Gasteiger partial charge in [-0.15, -0.1) is 11.3 Å². The molecule has 6 nitrogen and oxygen atoms in total. The number of halogens is 3. The van der Waals surface area contributed by atoms with Crippen LogP contribution in [0.3, 0.4) is 0 Å². The molecule has 0 radical (unpaired) electrons. The van der Waals surface area contributed by atoms with Gasteiger partial charge in [-0.2, -0.15) is 13.2 Å². The van der Waals surface area contributed by atoms with E-state index >= 15 is 0 Å². The molecular weight excluding hydrogens is 337 g/mol. The van der Waals surface area contributed by atoms with Gasteiger partial charge in [0.2, 0.25) is 0 Å². The van der Waals surface area contributed by atoms with Crippen LogP contribution in [-0.4, -0.2) is 28.3 Å². The Morgan fingerprint density at radius 3 is 2.52 bits per heavy atom. The van der Waals surface area contributed by atoms with E-state index in [1.165, 1.54) is 6.92 Å². The molecule has 0 amide bonds. The lowest BCUT2D eigenvalue weighted by Crippen LogP contribution is -2.42. The summed E-state index contributed by atoms with van der Waals surface area (Å²) in [5, 5.41) is -0.117. The molecule has 0 unspecified atom stereocenters. The molecule has 0 aliphatic carbocycles. The van der Waals surface area contributed by atoms with Crippen molar-refractivity contribution in [3.05, 3.63) is 31.3 Å². The Labute approximate surface area is 131 Å². The van der Waals surface area contributed by atoms with Gasteiger partial charge < -0.3 is 4.74 Å². The average Bonchev–Trinajstić information content (AvgIpc) is 2.75. The smallest absolute Gasteiger partial charge is 0.409 e. The van der Waals surface area contributed by atoms with Crippen LogP contribution < -0.4 is 11.2 Å². The minimum Gasteiger partial charge on any atom is -0.462 e. The summed E-state index contributed by atoms with van der Waals surface area (Å²) in [5.74, 6) is -0.693. The van der Waals surface area contributed by atoms with Crippen molar-refractivity contribution in [1.82, 2.24) is 9.55 Å². The lowest BCUT2D eigenvalue weighted by Gasteiger charge is -2.17. The number of carbonyl (C=O) groups excluding carboxylic acids is 1. The fourth-order valence-electron chi connectivity index (χ4n) is 2.12. The molecule has 2 aromatic heterocycles. The first-order chi connectivity index (χ1) is 10.6. The summed E-state index contributed by atoms with van der Waals surface area (Å²) in [5.41, 5.74) is -2.07. The van der Waals surface area contributed by atoms with Gasteiger partial charge in [0, 0.05) is 0 Å². The zero-order valence-corrected chi connectivity index (χ0v) is 13.2. The third kappa shape index (κ3) is 2.90. The van der Waals surface area contributed by atoms with Crippen LogP contribution in [0.2, 0.25) is 0 Å². The third-order valence-corrected chi connectivity index (χ3v) is 4.53. The number of nitrogens with zero attached hydrogens (tertiary/aromatic N) is 1. The molecule has 2 heterocycles. The van der Waals surface area contributed by atoms with E-state index in [1.54, 1.807) is 6.92 Å². The standard InChI is InChI=1S/C13H13F3N2O4S/c1-4-22-11(20)8-5(2)7-9(23-8)17-12(21)18(10(7)19)6(3)13(14,15)16/h6H,4H2,1-3H3,(H,17,21)/t6-/m1/s1. The van der Waals surface area contributed by atoms with Gasteiger partial charge in [-0.1, -0.05) is 0 Å². The van der Waals surface area contributed by atoms with E-state index < -0.39 is 29.4 Å². The maximum absolute atomic E-state index is 12.8. The van der Waals surface area contributed by atoms with E-state index in [1.807, 2.05) is 0 Å². The molecule has 0 saturated carbocycles. The Balaban J connectivity index is 2.77. The van der Waals surface area contributed by atoms with Gasteiger partial charge >= 0.3 is 17.8 Å². The highest BCUT2D eigenvalue weighted by molar-refractivity contribution is 7.20. The Bertz CT molecular complexity index is 878. The number of fused-ring (bicyclic) bond motifs is 1. The van der Waals surface area contributed by atoms with E-state index in [2.05, 4.69) is 4.98 Å². The molecule has 0 aliphatic rings. The van der Waals surface area contributed by atoms with Crippen LogP contribution in [0.15, 0.2) is 9.59 Å². The Morgan fingerprint density at radius 2 is 2.00 bits per heavy atom. The minimum atomic E-state index is -4.75. The Morgan fingerprint density at radius 1 is 1.39 bits per heavy atom. The number of thiophene rings is 1. The quantitative estimate of drug-likeness (QED) is 0.862. The lowest BCUT2D eigenvalue weighted by molar-refractivity contribution is -0.164. The van der Waals surface area contributed by atoms with Gasteiger partial charge in [0.05, 0.1) is 12.0 Å². The molecule has 126 valence electrons. The number of rotatable bonds is 3. The number of alkyl halides is 3. The number of aromatic amines is 1. The second kappa shape index (κ2) is 5.84. The fourth-order valence-corrected chi connectivity index (χ4v) is 3.20. The zero-order valence-electron chi connectivity index (χ0n) is 12.4. The predicted octanol–water partition coefficient (Wildman–Crippen LogP) is 2.36. The van der Waals surface area contributed by atoms with Crippen LogP contribution in [0.25, 0.3) is 10.2 Å². The number of nitrogens with one attached hydrogen (secondary N) is 1. The molecule has 0 aliphatic heterocycles. The number of hydrogen-bond acceptors (Lipinski definition) is 5. The van der Waals surface area contributed by atoms with Crippen molar-refractivity contribution in [2.45, 2.75) is 33.0 Å². The molecule has 0 bridgehead atoms. The Kier molecular flexibility index (Phi) is 4.38. The van der Waals surface area contributed by atoms with Crippen LogP contribution in [0, 0.1) is 6.92 Å². The maximum atomic E-state index is 12.8. The summed E-state index contributed by atoms with van der Waals surface area (Å²) in [4.78, 5) is 38.4. The minimum absolute atomic E-state index is 0.0474. The van der Waals surface area contributed by atoms with Gasteiger partial charge in [0.1, 0.15) is 15.7 Å². The highest BCUT2D eigenvalue weighted by Crippen LogP contribution is 2.30. The van der Waals surface area contributed by atoms with E-state index in [9.17, 15) is 27.6 Å². The predicted molar refractivity (Wildman–Crippen MR) is 78.2 cm³/mol. The number of esters is 1. The lowest BCUT2D eigenvalue weighted by atomic mass is 10.2. The molecule has 23 heavy (non-hydrogen) atoms. The first kappa shape index (κ1) is 17.3. The molecule has 2 rings (SSSR count). The van der Waals surface area contributed by atoms with Crippen molar-refractivity contribution < 1.29 is 22.7 Å². The summed E-state index contributed by atoms with van der Waals surface area (Å²) >= 11 is 0.804. The second-order valence-electron chi connectivity index (χ2n) is 4.80. The van der Waals surface area contributed by atoms with Gasteiger partial charge in [-0.25, -0.2) is 14.2 Å². The van der Waals surface area contributed by atoms with Crippen LogP contribution in [0.1, 0.15) is 35.1 Å². The van der Waals surface area contributed by atoms with E-state index in [0.29, 0.717) is 0 Å². The summed E-state index contributed by atoms with van der Waals surface area (Å²) in [6.45, 7) is 3.85. The van der Waals surface area contributed by atoms with Crippen LogP contribution in [0.4, 0.5) is 13.2 Å². The highest BCUT2D eigenvalue weighted by atomic mass is 32.1. The molecule has 1 N–H and O–H groups in total. The van der Waals surface area contributed by atoms with E-state index in [0.717, 1.165) is 18.3 Å². The largest absolute Gasteiger partial charge is 0.462 e.